The number of carboxylic acid groups (broad SMARTS) is 1. The first-order valence-corrected chi connectivity index (χ1v) is 13.2. The summed E-state index contributed by atoms with van der Waals surface area (Å²) in [5.41, 5.74) is -1.68. The summed E-state index contributed by atoms with van der Waals surface area (Å²) in [7, 11) is 0. The summed E-state index contributed by atoms with van der Waals surface area (Å²) in [5.74, 6) is 0.196. The molecule has 4 N–H and O–H groups in total. The third-order valence-corrected chi connectivity index (χ3v) is 11.3. The minimum Gasteiger partial charge on any atom is -0.481 e. The van der Waals surface area contributed by atoms with Crippen molar-refractivity contribution < 1.29 is 30.0 Å². The molecule has 11 unspecified atom stereocenters. The van der Waals surface area contributed by atoms with Crippen molar-refractivity contribution in [2.75, 3.05) is 0 Å². The largest absolute Gasteiger partial charge is 0.481 e. The molecular formula is C27H44O6. The third-order valence-electron chi connectivity index (χ3n) is 11.3. The number of aliphatic carboxylic acids is 1. The molecule has 0 bridgehead atoms. The Balaban J connectivity index is 1.60. The van der Waals surface area contributed by atoms with Gasteiger partial charge in [0.15, 0.2) is 5.78 Å². The van der Waals surface area contributed by atoms with Gasteiger partial charge in [-0.1, -0.05) is 27.7 Å². The maximum absolute atomic E-state index is 12.5. The van der Waals surface area contributed by atoms with Crippen LogP contribution in [0.3, 0.4) is 0 Å². The first-order valence-electron chi connectivity index (χ1n) is 13.2. The Hall–Kier alpha value is -0.980. The molecule has 0 amide bonds. The standard InChI is InChI=1S/C27H44O6/c1-5-21(29)27(33)11-10-25(3)16(14-27)12-20(28)24-18-8-7-17(15(2)6-9-23(31)32)26(18,4)22(30)13-19(24)25/h15-20,22,24,28,30,33H,5-14H2,1-4H3,(H,31,32). The Labute approximate surface area is 198 Å². The minimum atomic E-state index is -1.27. The Morgan fingerprint density at radius 1 is 1.06 bits per heavy atom. The van der Waals surface area contributed by atoms with Crippen molar-refractivity contribution in [3.63, 3.8) is 0 Å². The Bertz CT molecular complexity index is 783. The van der Waals surface area contributed by atoms with E-state index in [4.69, 9.17) is 5.11 Å². The molecule has 0 aromatic carbocycles. The van der Waals surface area contributed by atoms with E-state index in [1.807, 2.05) is 0 Å². The van der Waals surface area contributed by atoms with Gasteiger partial charge in [-0.3, -0.25) is 9.59 Å². The average Bonchev–Trinajstić information content (AvgIpc) is 3.12. The van der Waals surface area contributed by atoms with E-state index in [-0.39, 0.29) is 58.5 Å². The lowest BCUT2D eigenvalue weighted by atomic mass is 9.42. The van der Waals surface area contributed by atoms with Crippen molar-refractivity contribution in [3.8, 4) is 0 Å². The number of carboxylic acids is 1. The fourth-order valence-corrected chi connectivity index (χ4v) is 9.28. The topological polar surface area (TPSA) is 115 Å². The molecular weight excluding hydrogens is 420 g/mol. The maximum Gasteiger partial charge on any atom is 0.303 e. The maximum atomic E-state index is 12.5. The summed E-state index contributed by atoms with van der Waals surface area (Å²) >= 11 is 0. The molecule has 0 aliphatic heterocycles. The number of ketones is 1. The van der Waals surface area contributed by atoms with E-state index in [2.05, 4.69) is 20.8 Å². The number of aliphatic hydroxyl groups is 3. The normalized spacial score (nSPS) is 50.1. The van der Waals surface area contributed by atoms with Crippen LogP contribution in [0.15, 0.2) is 0 Å². The third kappa shape index (κ3) is 3.79. The Morgan fingerprint density at radius 2 is 1.76 bits per heavy atom. The van der Waals surface area contributed by atoms with E-state index >= 15 is 0 Å². The molecule has 0 spiro atoms. The fraction of sp³-hybridized carbons (Fsp3) is 0.926. The molecule has 0 saturated heterocycles. The van der Waals surface area contributed by atoms with Gasteiger partial charge in [-0.25, -0.2) is 0 Å². The summed E-state index contributed by atoms with van der Waals surface area (Å²) in [6.07, 6.45) is 4.97. The van der Waals surface area contributed by atoms with Gasteiger partial charge in [-0.15, -0.1) is 0 Å². The zero-order valence-corrected chi connectivity index (χ0v) is 20.8. The van der Waals surface area contributed by atoms with Crippen LogP contribution in [0.4, 0.5) is 0 Å². The number of carbonyl (C=O) groups is 2. The molecule has 4 saturated carbocycles. The molecule has 33 heavy (non-hydrogen) atoms. The number of hydrogen-bond donors (Lipinski definition) is 4. The van der Waals surface area contributed by atoms with E-state index in [1.54, 1.807) is 6.92 Å². The highest BCUT2D eigenvalue weighted by Crippen LogP contribution is 2.69. The number of hydrogen-bond acceptors (Lipinski definition) is 5. The second-order valence-corrected chi connectivity index (χ2v) is 12.5. The number of Topliss-reactive ketones (excluding diaryl/α,β-unsaturated/α-hetero) is 1. The summed E-state index contributed by atoms with van der Waals surface area (Å²) in [6, 6.07) is 0. The van der Waals surface area contributed by atoms with Gasteiger partial charge in [0, 0.05) is 12.8 Å². The molecule has 4 aliphatic rings. The first-order chi connectivity index (χ1) is 15.4. The van der Waals surface area contributed by atoms with Crippen LogP contribution >= 0.6 is 0 Å². The van der Waals surface area contributed by atoms with E-state index in [0.717, 1.165) is 19.3 Å². The van der Waals surface area contributed by atoms with Crippen LogP contribution < -0.4 is 0 Å². The molecule has 0 aromatic heterocycles. The van der Waals surface area contributed by atoms with Crippen LogP contribution in [0.25, 0.3) is 0 Å². The van der Waals surface area contributed by atoms with E-state index in [9.17, 15) is 24.9 Å². The fourth-order valence-electron chi connectivity index (χ4n) is 9.28. The molecule has 0 radical (unpaired) electrons. The summed E-state index contributed by atoms with van der Waals surface area (Å²) < 4.78 is 0. The molecule has 6 nitrogen and oxygen atoms in total. The van der Waals surface area contributed by atoms with Gasteiger partial charge >= 0.3 is 5.97 Å². The smallest absolute Gasteiger partial charge is 0.303 e. The Kier molecular flexibility index (Phi) is 6.55. The van der Waals surface area contributed by atoms with Crippen molar-refractivity contribution in [3.05, 3.63) is 0 Å². The van der Waals surface area contributed by atoms with E-state index in [1.165, 1.54) is 0 Å². The zero-order chi connectivity index (χ0) is 24.3. The van der Waals surface area contributed by atoms with Crippen LogP contribution in [0.5, 0.6) is 0 Å². The minimum absolute atomic E-state index is 0.0752. The first kappa shape index (κ1) is 25.1. The van der Waals surface area contributed by atoms with Crippen LogP contribution in [0.1, 0.15) is 91.9 Å². The van der Waals surface area contributed by atoms with Crippen LogP contribution in [0.2, 0.25) is 0 Å². The number of fused-ring (bicyclic) bond motifs is 5. The molecule has 4 rings (SSSR count). The molecule has 4 fully saturated rings. The Morgan fingerprint density at radius 3 is 2.39 bits per heavy atom. The molecule has 188 valence electrons. The van der Waals surface area contributed by atoms with Gasteiger partial charge in [0.05, 0.1) is 12.2 Å². The molecule has 6 heteroatoms. The lowest BCUT2D eigenvalue weighted by Crippen LogP contribution is -2.63. The molecule has 0 heterocycles. The van der Waals surface area contributed by atoms with Crippen molar-refractivity contribution in [1.29, 1.82) is 0 Å². The van der Waals surface area contributed by atoms with Crippen molar-refractivity contribution in [2.24, 2.45) is 46.3 Å². The second kappa shape index (κ2) is 8.60. The molecule has 0 aromatic rings. The van der Waals surface area contributed by atoms with Gasteiger partial charge in [0.25, 0.3) is 0 Å². The van der Waals surface area contributed by atoms with Gasteiger partial charge in [0.1, 0.15) is 5.60 Å². The second-order valence-electron chi connectivity index (χ2n) is 12.5. The SMILES string of the molecule is CCC(=O)C1(O)CCC2(C)C(CC(O)C3C2CC(O)C2(C)C(C(C)CCC(=O)O)CCC32)C1. The lowest BCUT2D eigenvalue weighted by molar-refractivity contribution is -0.215. The van der Waals surface area contributed by atoms with Crippen LogP contribution in [-0.2, 0) is 9.59 Å². The van der Waals surface area contributed by atoms with E-state index < -0.39 is 23.8 Å². The highest BCUT2D eigenvalue weighted by Gasteiger charge is 2.66. The van der Waals surface area contributed by atoms with Crippen molar-refractivity contribution in [2.45, 2.75) is 110 Å². The quantitative estimate of drug-likeness (QED) is 0.475. The average molecular weight is 465 g/mol. The van der Waals surface area contributed by atoms with E-state index in [0.29, 0.717) is 38.5 Å². The monoisotopic (exact) mass is 464 g/mol. The van der Waals surface area contributed by atoms with Crippen LogP contribution in [0, 0.1) is 46.3 Å². The number of carbonyl (C=O) groups excluding carboxylic acids is 1. The summed E-state index contributed by atoms with van der Waals surface area (Å²) in [4.78, 5) is 23.6. The highest BCUT2D eigenvalue weighted by molar-refractivity contribution is 5.86. The predicted octanol–water partition coefficient (Wildman–Crippen LogP) is 3.80. The summed E-state index contributed by atoms with van der Waals surface area (Å²) in [5, 5.41) is 43.3. The van der Waals surface area contributed by atoms with Gasteiger partial charge in [-0.2, -0.15) is 0 Å². The molecule has 11 atom stereocenters. The molecule has 4 aliphatic carbocycles. The zero-order valence-electron chi connectivity index (χ0n) is 20.8. The number of aliphatic hydroxyl groups excluding tert-OH is 2. The lowest BCUT2D eigenvalue weighted by Gasteiger charge is -2.64. The summed E-state index contributed by atoms with van der Waals surface area (Å²) in [6.45, 7) is 8.39. The van der Waals surface area contributed by atoms with Crippen molar-refractivity contribution >= 4 is 11.8 Å². The van der Waals surface area contributed by atoms with Crippen molar-refractivity contribution in [1.82, 2.24) is 0 Å². The highest BCUT2D eigenvalue weighted by atomic mass is 16.4. The van der Waals surface area contributed by atoms with Crippen LogP contribution in [-0.4, -0.2) is 50.0 Å². The predicted molar refractivity (Wildman–Crippen MR) is 124 cm³/mol. The van der Waals surface area contributed by atoms with Gasteiger partial charge in [-0.05, 0) is 97.7 Å². The van der Waals surface area contributed by atoms with Gasteiger partial charge < -0.3 is 20.4 Å². The van der Waals surface area contributed by atoms with Gasteiger partial charge in [0.2, 0.25) is 0 Å². The number of rotatable bonds is 6.